The van der Waals surface area contributed by atoms with E-state index >= 15 is 0 Å². The molecular formula is C33H54O10. The van der Waals surface area contributed by atoms with E-state index in [1.165, 1.54) is 7.11 Å². The Morgan fingerprint density at radius 3 is 2.42 bits per heavy atom. The second-order valence-corrected chi connectivity index (χ2v) is 14.7. The van der Waals surface area contributed by atoms with Crippen molar-refractivity contribution in [1.82, 2.24) is 0 Å². The van der Waals surface area contributed by atoms with E-state index < -0.39 is 71.4 Å². The summed E-state index contributed by atoms with van der Waals surface area (Å²) in [6.45, 7) is 8.31. The molecule has 1 heterocycles. The van der Waals surface area contributed by atoms with E-state index in [1.54, 1.807) is 0 Å². The third-order valence-corrected chi connectivity index (χ3v) is 12.2. The lowest BCUT2D eigenvalue weighted by Gasteiger charge is -2.63. The largest absolute Gasteiger partial charge is 0.396 e. The zero-order valence-electron chi connectivity index (χ0n) is 26.2. The summed E-state index contributed by atoms with van der Waals surface area (Å²) in [4.78, 5) is 0. The molecule has 7 N–H and O–H groups in total. The Morgan fingerprint density at radius 2 is 1.74 bits per heavy atom. The molecule has 10 heteroatoms. The minimum absolute atomic E-state index is 0.0503. The van der Waals surface area contributed by atoms with E-state index in [9.17, 15) is 35.7 Å². The molecule has 43 heavy (non-hydrogen) atoms. The van der Waals surface area contributed by atoms with E-state index in [1.807, 2.05) is 13.0 Å². The Labute approximate surface area is 255 Å². The summed E-state index contributed by atoms with van der Waals surface area (Å²) in [7, 11) is 1.43. The maximum atomic E-state index is 12.6. The van der Waals surface area contributed by atoms with Crippen LogP contribution in [0.4, 0.5) is 0 Å². The molecule has 5 rings (SSSR count). The standard InChI is InChI=1S/C33H54O10/c1-17(10-13-34)6-7-18(2)24-26(38)27(39)29-32(24,4)12-9-23-31(3)11-8-19(14-20(31)21(35)15-33(23,29)40)43-30-28(41-5)25(37)22(36)16-42-30/h6-7,14,17-19,21-30,34-40H,8-13,15-16H2,1-5H3/b7-6+/t17?,18-,19+,21-,22-,23?,24+,25+,26-,27+,28-,29?,30+,31+,32-,33+/m1/s1. The van der Waals surface area contributed by atoms with Crippen LogP contribution in [0, 0.1) is 40.4 Å². The zero-order valence-corrected chi connectivity index (χ0v) is 26.2. The molecule has 5 aliphatic rings. The molecule has 16 atom stereocenters. The lowest BCUT2D eigenvalue weighted by Crippen LogP contribution is -2.66. The average molecular weight is 611 g/mol. The molecule has 3 saturated carbocycles. The minimum atomic E-state index is -1.37. The summed E-state index contributed by atoms with van der Waals surface area (Å²) in [6.07, 6.45) is 2.02. The summed E-state index contributed by atoms with van der Waals surface area (Å²) in [5.41, 5.74) is -1.63. The summed E-state index contributed by atoms with van der Waals surface area (Å²) < 4.78 is 17.2. The monoisotopic (exact) mass is 610 g/mol. The van der Waals surface area contributed by atoms with Gasteiger partial charge >= 0.3 is 0 Å². The van der Waals surface area contributed by atoms with Gasteiger partial charge in [-0.3, -0.25) is 0 Å². The van der Waals surface area contributed by atoms with E-state index in [2.05, 4.69) is 32.9 Å². The highest BCUT2D eigenvalue weighted by Crippen LogP contribution is 2.69. The van der Waals surface area contributed by atoms with Gasteiger partial charge in [0.2, 0.25) is 0 Å². The van der Waals surface area contributed by atoms with Crippen molar-refractivity contribution < 1.29 is 50.0 Å². The van der Waals surface area contributed by atoms with Gasteiger partial charge in [-0.2, -0.15) is 0 Å². The van der Waals surface area contributed by atoms with Gasteiger partial charge in [0.15, 0.2) is 6.29 Å². The van der Waals surface area contributed by atoms with Crippen LogP contribution in [0.3, 0.4) is 0 Å². The maximum absolute atomic E-state index is 12.6. The Bertz CT molecular complexity index is 1050. The van der Waals surface area contributed by atoms with Gasteiger partial charge in [0.25, 0.3) is 0 Å². The quantitative estimate of drug-likeness (QED) is 0.199. The molecule has 0 radical (unpaired) electrons. The number of ether oxygens (including phenoxy) is 3. The van der Waals surface area contributed by atoms with Crippen LogP contribution in [0.25, 0.3) is 0 Å². The Morgan fingerprint density at radius 1 is 1.02 bits per heavy atom. The molecule has 246 valence electrons. The highest BCUT2D eigenvalue weighted by Gasteiger charge is 2.72. The molecule has 4 aliphatic carbocycles. The van der Waals surface area contributed by atoms with Crippen LogP contribution < -0.4 is 0 Å². The van der Waals surface area contributed by atoms with Gasteiger partial charge < -0.3 is 50.0 Å². The number of rotatable bonds is 8. The summed E-state index contributed by atoms with van der Waals surface area (Å²) in [5.74, 6) is -0.944. The normalized spacial score (nSPS) is 51.3. The fourth-order valence-corrected chi connectivity index (χ4v) is 10.1. The van der Waals surface area contributed by atoms with Gasteiger partial charge in [0.05, 0.1) is 36.6 Å². The Kier molecular flexibility index (Phi) is 9.61. The van der Waals surface area contributed by atoms with Crippen LogP contribution in [-0.2, 0) is 14.2 Å². The van der Waals surface area contributed by atoms with E-state index in [0.29, 0.717) is 25.7 Å². The second-order valence-electron chi connectivity index (χ2n) is 14.7. The number of hydrogen-bond donors (Lipinski definition) is 7. The molecule has 4 fully saturated rings. The van der Waals surface area contributed by atoms with Crippen LogP contribution >= 0.6 is 0 Å². The lowest BCUT2D eigenvalue weighted by molar-refractivity contribution is -0.285. The van der Waals surface area contributed by atoms with Crippen molar-refractivity contribution in [3.8, 4) is 0 Å². The first-order valence-electron chi connectivity index (χ1n) is 16.2. The first-order valence-corrected chi connectivity index (χ1v) is 16.2. The summed E-state index contributed by atoms with van der Waals surface area (Å²) in [5, 5.41) is 76.8. The van der Waals surface area contributed by atoms with E-state index in [0.717, 1.165) is 12.0 Å². The number of aliphatic hydroxyl groups is 7. The minimum Gasteiger partial charge on any atom is -0.396 e. The lowest BCUT2D eigenvalue weighted by atomic mass is 9.43. The molecule has 0 aromatic rings. The van der Waals surface area contributed by atoms with Crippen LogP contribution in [-0.4, -0.2) is 111 Å². The number of allylic oxidation sites excluding steroid dienone is 2. The van der Waals surface area contributed by atoms with Gasteiger partial charge in [0, 0.05) is 26.1 Å². The maximum Gasteiger partial charge on any atom is 0.187 e. The predicted molar refractivity (Wildman–Crippen MR) is 157 cm³/mol. The van der Waals surface area contributed by atoms with Crippen molar-refractivity contribution in [2.45, 2.75) is 121 Å². The zero-order chi connectivity index (χ0) is 31.5. The van der Waals surface area contributed by atoms with Crippen molar-refractivity contribution in [2.24, 2.45) is 40.4 Å². The Hall–Kier alpha value is -0.920. The number of fused-ring (bicyclic) bond motifs is 5. The topological polar surface area (TPSA) is 169 Å². The number of methoxy groups -OCH3 is 1. The smallest absolute Gasteiger partial charge is 0.187 e. The molecule has 3 unspecified atom stereocenters. The van der Waals surface area contributed by atoms with Crippen molar-refractivity contribution in [1.29, 1.82) is 0 Å². The first-order chi connectivity index (χ1) is 20.2. The van der Waals surface area contributed by atoms with Gasteiger partial charge in [-0.1, -0.05) is 45.9 Å². The van der Waals surface area contributed by atoms with Crippen LogP contribution in [0.1, 0.15) is 66.2 Å². The molecule has 0 aromatic carbocycles. The predicted octanol–water partition coefficient (Wildman–Crippen LogP) is 1.28. The third kappa shape index (κ3) is 5.47. The molecule has 0 bridgehead atoms. The number of hydrogen-bond acceptors (Lipinski definition) is 10. The molecule has 10 nitrogen and oxygen atoms in total. The molecule has 1 saturated heterocycles. The van der Waals surface area contributed by atoms with Crippen LogP contribution in [0.2, 0.25) is 0 Å². The molecule has 0 amide bonds. The van der Waals surface area contributed by atoms with E-state index in [4.69, 9.17) is 14.2 Å². The number of aliphatic hydroxyl groups excluding tert-OH is 6. The molecule has 0 spiro atoms. The SMILES string of the molecule is CO[C@H]1[C@H](O[C@@H]2C=C3[C@H](O)C[C@]4(O)C(CC[C@@]5(C)C4[C@@H](O)[C@H](O)[C@@H]5[C@H](C)/C=C/C(C)CCO)[C@@]3(C)CC2)OC[C@@H](O)[C@@H]1O. The highest BCUT2D eigenvalue weighted by atomic mass is 16.7. The van der Waals surface area contributed by atoms with Crippen molar-refractivity contribution in [3.05, 3.63) is 23.8 Å². The fourth-order valence-electron chi connectivity index (χ4n) is 10.1. The molecule has 0 aromatic heterocycles. The van der Waals surface area contributed by atoms with Crippen molar-refractivity contribution in [2.75, 3.05) is 20.3 Å². The van der Waals surface area contributed by atoms with Crippen LogP contribution in [0.15, 0.2) is 23.8 Å². The molecule has 1 aliphatic heterocycles. The third-order valence-electron chi connectivity index (χ3n) is 12.2. The summed E-state index contributed by atoms with van der Waals surface area (Å²) >= 11 is 0. The van der Waals surface area contributed by atoms with Crippen molar-refractivity contribution in [3.63, 3.8) is 0 Å². The summed E-state index contributed by atoms with van der Waals surface area (Å²) in [6, 6.07) is 0. The molecular weight excluding hydrogens is 556 g/mol. The second kappa shape index (κ2) is 12.4. The van der Waals surface area contributed by atoms with E-state index in [-0.39, 0.29) is 43.3 Å². The first kappa shape index (κ1) is 33.4. The van der Waals surface area contributed by atoms with Gasteiger partial charge in [-0.05, 0) is 72.2 Å². The highest BCUT2D eigenvalue weighted by molar-refractivity contribution is 5.33. The average Bonchev–Trinajstić information content (AvgIpc) is 3.15. The fraction of sp³-hybridized carbons (Fsp3) is 0.879. The van der Waals surface area contributed by atoms with Gasteiger partial charge in [0.1, 0.15) is 18.3 Å². The van der Waals surface area contributed by atoms with Gasteiger partial charge in [-0.25, -0.2) is 0 Å². The van der Waals surface area contributed by atoms with Crippen LogP contribution in [0.5, 0.6) is 0 Å². The van der Waals surface area contributed by atoms with Gasteiger partial charge in [-0.15, -0.1) is 0 Å². The van der Waals surface area contributed by atoms with Crippen molar-refractivity contribution >= 4 is 0 Å². The Balaban J connectivity index is 1.39.